The molecule has 0 saturated heterocycles. The van der Waals surface area contributed by atoms with E-state index in [0.29, 0.717) is 5.41 Å². The van der Waals surface area contributed by atoms with Gasteiger partial charge in [-0.15, -0.1) is 0 Å². The summed E-state index contributed by atoms with van der Waals surface area (Å²) in [5.74, 6) is 0. The Hall–Kier alpha value is -0.340. The van der Waals surface area contributed by atoms with Crippen molar-refractivity contribution in [3.63, 3.8) is 0 Å². The zero-order valence-electron chi connectivity index (χ0n) is 8.91. The maximum absolute atomic E-state index is 2.25. The van der Waals surface area contributed by atoms with Crippen LogP contribution in [0.3, 0.4) is 0 Å². The van der Waals surface area contributed by atoms with Gasteiger partial charge in [0.05, 0.1) is 0 Å². The highest BCUT2D eigenvalue weighted by atomic mass is 14.2. The van der Waals surface area contributed by atoms with Gasteiger partial charge in [0.2, 0.25) is 0 Å². The fraction of sp³-hybridized carbons (Fsp3) is 0.778. The summed E-state index contributed by atoms with van der Waals surface area (Å²) >= 11 is 0. The van der Waals surface area contributed by atoms with Crippen LogP contribution in [-0.4, -0.2) is 0 Å². The lowest BCUT2D eigenvalue weighted by Crippen LogP contribution is -2.07. The normalized spacial score (nSPS) is 9.27. The van der Waals surface area contributed by atoms with E-state index in [2.05, 4.69) is 41.5 Å². The summed E-state index contributed by atoms with van der Waals surface area (Å²) in [4.78, 5) is 0. The summed E-state index contributed by atoms with van der Waals surface area (Å²) < 4.78 is 0. The lowest BCUT2D eigenvalue weighted by Gasteiger charge is -2.20. The Morgan fingerprint density at radius 1 is 0.818 bits per heavy atom. The van der Waals surface area contributed by atoms with Gasteiger partial charge in [0, 0.05) is 0 Å². The second-order valence-electron chi connectivity index (χ2n) is 3.88. The van der Waals surface area contributed by atoms with Crippen LogP contribution in [0.4, 0.5) is 0 Å². The molecule has 0 amide bonds. The fourth-order valence-corrected chi connectivity index (χ4v) is 0.750. The van der Waals surface area contributed by atoms with Crippen LogP contribution in [0.1, 0.15) is 41.5 Å². The first-order valence-electron chi connectivity index (χ1n) is 3.50. The number of rotatable bonds is 0. The second kappa shape index (κ2) is 5.33. The van der Waals surface area contributed by atoms with E-state index in [1.807, 2.05) is 0 Å². The molecule has 2 heteroatoms. The van der Waals surface area contributed by atoms with Crippen molar-refractivity contribution in [1.82, 2.24) is 12.3 Å². The first-order valence-corrected chi connectivity index (χ1v) is 3.50. The Morgan fingerprint density at radius 3 is 1.09 bits per heavy atom. The van der Waals surface area contributed by atoms with Gasteiger partial charge in [0.25, 0.3) is 0 Å². The van der Waals surface area contributed by atoms with Crippen LogP contribution in [0.2, 0.25) is 0 Å². The van der Waals surface area contributed by atoms with Gasteiger partial charge in [-0.1, -0.05) is 31.9 Å². The van der Waals surface area contributed by atoms with Gasteiger partial charge < -0.3 is 12.3 Å². The third-order valence-corrected chi connectivity index (χ3v) is 1.88. The zero-order chi connectivity index (χ0) is 7.65. The summed E-state index contributed by atoms with van der Waals surface area (Å²) in [5.41, 5.74) is 3.31. The van der Waals surface area contributed by atoms with Crippen molar-refractivity contribution in [2.45, 2.75) is 41.5 Å². The third kappa shape index (κ3) is 6.07. The highest BCUT2D eigenvalue weighted by molar-refractivity contribution is 5.13. The Morgan fingerprint density at radius 2 is 1.09 bits per heavy atom. The minimum absolute atomic E-state index is 0. The first kappa shape index (κ1) is 17.0. The summed E-state index contributed by atoms with van der Waals surface area (Å²) in [6.45, 7) is 13.3. The van der Waals surface area contributed by atoms with Gasteiger partial charge in [0.15, 0.2) is 0 Å². The largest absolute Gasteiger partial charge is 0.344 e. The topological polar surface area (TPSA) is 70.0 Å². The van der Waals surface area contributed by atoms with E-state index in [0.717, 1.165) is 0 Å². The maximum atomic E-state index is 2.25. The SMILES string of the molecule is CC(C)=C(C)C(C)(C)C.N.N. The molecule has 0 rings (SSSR count). The van der Waals surface area contributed by atoms with Crippen LogP contribution in [0.25, 0.3) is 0 Å². The molecule has 0 radical (unpaired) electrons. The molecule has 2 nitrogen and oxygen atoms in total. The maximum Gasteiger partial charge on any atom is -0.0173 e. The molecule has 70 valence electrons. The van der Waals surface area contributed by atoms with Crippen LogP contribution >= 0.6 is 0 Å². The minimum Gasteiger partial charge on any atom is -0.344 e. The van der Waals surface area contributed by atoms with Gasteiger partial charge >= 0.3 is 0 Å². The van der Waals surface area contributed by atoms with E-state index in [1.54, 1.807) is 0 Å². The molecule has 0 aromatic heterocycles. The fourth-order valence-electron chi connectivity index (χ4n) is 0.750. The van der Waals surface area contributed by atoms with Crippen molar-refractivity contribution >= 4 is 0 Å². The molecule has 0 aliphatic rings. The molecule has 11 heavy (non-hydrogen) atoms. The summed E-state index contributed by atoms with van der Waals surface area (Å²) in [6, 6.07) is 0. The highest BCUT2D eigenvalue weighted by Crippen LogP contribution is 2.26. The molecule has 0 bridgehead atoms. The molecule has 0 aromatic carbocycles. The number of hydrogen-bond acceptors (Lipinski definition) is 2. The van der Waals surface area contributed by atoms with Gasteiger partial charge in [0.1, 0.15) is 0 Å². The molecule has 0 aliphatic carbocycles. The Bertz CT molecular complexity index is 125. The molecule has 0 atom stereocenters. The van der Waals surface area contributed by atoms with Crippen molar-refractivity contribution in [2.75, 3.05) is 0 Å². The van der Waals surface area contributed by atoms with Crippen molar-refractivity contribution in [3.05, 3.63) is 11.1 Å². The summed E-state index contributed by atoms with van der Waals surface area (Å²) in [6.07, 6.45) is 0. The van der Waals surface area contributed by atoms with Gasteiger partial charge in [-0.05, 0) is 26.2 Å². The average Bonchev–Trinajstić information content (AvgIpc) is 1.62. The van der Waals surface area contributed by atoms with Crippen LogP contribution < -0.4 is 12.3 Å². The quantitative estimate of drug-likeness (QED) is 0.530. The highest BCUT2D eigenvalue weighted by Gasteiger charge is 2.12. The minimum atomic E-state index is 0. The number of allylic oxidation sites excluding steroid dienone is 2. The lowest BCUT2D eigenvalue weighted by molar-refractivity contribution is 0.498. The summed E-state index contributed by atoms with van der Waals surface area (Å²) in [7, 11) is 0. The monoisotopic (exact) mass is 160 g/mol. The molecule has 0 aromatic rings. The predicted octanol–water partition coefficient (Wildman–Crippen LogP) is 3.71. The average molecular weight is 160 g/mol. The number of hydrogen-bond donors (Lipinski definition) is 2. The van der Waals surface area contributed by atoms with Crippen LogP contribution in [-0.2, 0) is 0 Å². The van der Waals surface area contributed by atoms with Crippen molar-refractivity contribution in [3.8, 4) is 0 Å². The molecule has 0 heterocycles. The first-order chi connectivity index (χ1) is 3.85. The molecular formula is C9H24N2. The molecule has 6 N–H and O–H groups in total. The molecule has 0 aliphatic heterocycles. The van der Waals surface area contributed by atoms with E-state index in [4.69, 9.17) is 0 Å². The molecular weight excluding hydrogens is 136 g/mol. The van der Waals surface area contributed by atoms with Crippen molar-refractivity contribution < 1.29 is 0 Å². The predicted molar refractivity (Wildman–Crippen MR) is 53.5 cm³/mol. The standard InChI is InChI=1S/C9H18.2H3N/c1-7(2)8(3)9(4,5)6;;/h1-6H3;2*1H3. The van der Waals surface area contributed by atoms with Crippen LogP contribution in [0.15, 0.2) is 11.1 Å². The Kier molecular flexibility index (Phi) is 8.21. The molecule has 0 saturated carbocycles. The van der Waals surface area contributed by atoms with E-state index in [1.165, 1.54) is 11.1 Å². The smallest absolute Gasteiger partial charge is 0.0173 e. The van der Waals surface area contributed by atoms with Gasteiger partial charge in [-0.2, -0.15) is 0 Å². The summed E-state index contributed by atoms with van der Waals surface area (Å²) in [5, 5.41) is 0. The van der Waals surface area contributed by atoms with E-state index < -0.39 is 0 Å². The van der Waals surface area contributed by atoms with Gasteiger partial charge in [-0.25, -0.2) is 0 Å². The van der Waals surface area contributed by atoms with E-state index in [9.17, 15) is 0 Å². The lowest BCUT2D eigenvalue weighted by atomic mass is 9.85. The van der Waals surface area contributed by atoms with Gasteiger partial charge in [-0.3, -0.25) is 0 Å². The van der Waals surface area contributed by atoms with Crippen LogP contribution in [0, 0.1) is 5.41 Å². The van der Waals surface area contributed by atoms with Crippen molar-refractivity contribution in [2.24, 2.45) is 5.41 Å². The molecule has 0 spiro atoms. The second-order valence-corrected chi connectivity index (χ2v) is 3.88. The third-order valence-electron chi connectivity index (χ3n) is 1.88. The van der Waals surface area contributed by atoms with E-state index >= 15 is 0 Å². The van der Waals surface area contributed by atoms with E-state index in [-0.39, 0.29) is 12.3 Å². The molecule has 0 unspecified atom stereocenters. The Balaban J connectivity index is -0.000000320. The van der Waals surface area contributed by atoms with Crippen molar-refractivity contribution in [1.29, 1.82) is 0 Å². The zero-order valence-corrected chi connectivity index (χ0v) is 8.91. The molecule has 0 fully saturated rings. The van der Waals surface area contributed by atoms with Crippen LogP contribution in [0.5, 0.6) is 0 Å². The Labute approximate surface area is 71.2 Å².